The Morgan fingerprint density at radius 1 is 1.35 bits per heavy atom. The van der Waals surface area contributed by atoms with Gasteiger partial charge in [-0.3, -0.25) is 4.79 Å². The summed E-state index contributed by atoms with van der Waals surface area (Å²) in [5, 5.41) is 0. The number of nitrogens with zero attached hydrogens (tertiary/aromatic N) is 1. The summed E-state index contributed by atoms with van der Waals surface area (Å²) in [6.07, 6.45) is 2.76. The van der Waals surface area contributed by atoms with Gasteiger partial charge in [0.25, 0.3) is 5.56 Å². The van der Waals surface area contributed by atoms with E-state index in [2.05, 4.69) is 22.6 Å². The molecule has 1 heterocycles. The predicted octanol–water partition coefficient (Wildman–Crippen LogP) is 1.81. The average molecular weight is 351 g/mol. The Morgan fingerprint density at radius 2 is 2.12 bits per heavy atom. The number of ether oxygens (including phenoxy) is 2. The molecule has 0 amide bonds. The second-order valence-electron chi connectivity index (χ2n) is 3.79. The van der Waals surface area contributed by atoms with Gasteiger partial charge in [-0.05, 0) is 41.5 Å². The molecule has 0 aromatic carbocycles. The van der Waals surface area contributed by atoms with Gasteiger partial charge in [-0.15, -0.1) is 0 Å². The van der Waals surface area contributed by atoms with E-state index in [0.29, 0.717) is 26.4 Å². The maximum Gasteiger partial charge on any atom is 0.250 e. The number of rotatable bonds is 7. The number of methoxy groups -OCH3 is 1. The predicted molar refractivity (Wildman–Crippen MR) is 75.5 cm³/mol. The van der Waals surface area contributed by atoms with Crippen LogP contribution in [0.3, 0.4) is 0 Å². The molecule has 0 radical (unpaired) electrons. The smallest absolute Gasteiger partial charge is 0.250 e. The van der Waals surface area contributed by atoms with E-state index in [0.717, 1.165) is 15.6 Å². The lowest BCUT2D eigenvalue weighted by atomic mass is 10.3. The van der Waals surface area contributed by atoms with Crippen LogP contribution >= 0.6 is 22.6 Å². The highest BCUT2D eigenvalue weighted by atomic mass is 127. The quantitative estimate of drug-likeness (QED) is 0.556. The number of hydrogen-bond donors (Lipinski definition) is 0. The van der Waals surface area contributed by atoms with Crippen LogP contribution in [0, 0.1) is 10.5 Å². The molecule has 5 heteroatoms. The number of aromatic nitrogens is 1. The first kappa shape index (κ1) is 14.7. The highest BCUT2D eigenvalue weighted by molar-refractivity contribution is 14.1. The zero-order chi connectivity index (χ0) is 12.7. The molecular weight excluding hydrogens is 333 g/mol. The first-order valence-electron chi connectivity index (χ1n) is 5.58. The minimum Gasteiger partial charge on any atom is -0.385 e. The van der Waals surface area contributed by atoms with Crippen molar-refractivity contribution in [3.63, 3.8) is 0 Å². The monoisotopic (exact) mass is 351 g/mol. The first-order chi connectivity index (χ1) is 8.15. The van der Waals surface area contributed by atoms with Crippen molar-refractivity contribution in [3.8, 4) is 0 Å². The largest absolute Gasteiger partial charge is 0.385 e. The Labute approximate surface area is 115 Å². The molecule has 4 nitrogen and oxygen atoms in total. The fraction of sp³-hybridized carbons (Fsp3) is 0.583. The number of hydrogen-bond acceptors (Lipinski definition) is 3. The van der Waals surface area contributed by atoms with Gasteiger partial charge in [0.1, 0.15) is 0 Å². The summed E-state index contributed by atoms with van der Waals surface area (Å²) in [6.45, 7) is 4.48. The Morgan fingerprint density at radius 3 is 2.82 bits per heavy atom. The van der Waals surface area contributed by atoms with E-state index in [4.69, 9.17) is 9.47 Å². The van der Waals surface area contributed by atoms with Crippen molar-refractivity contribution >= 4 is 22.6 Å². The van der Waals surface area contributed by atoms with Crippen molar-refractivity contribution in [2.45, 2.75) is 19.9 Å². The van der Waals surface area contributed by atoms with E-state index < -0.39 is 0 Å². The molecule has 1 aromatic rings. The summed E-state index contributed by atoms with van der Waals surface area (Å²) in [7, 11) is 1.67. The molecule has 0 saturated carbocycles. The SMILES string of the molecule is COCCCOCCn1cc(I)c(C)cc1=O. The van der Waals surface area contributed by atoms with Gasteiger partial charge >= 0.3 is 0 Å². The van der Waals surface area contributed by atoms with Gasteiger partial charge in [-0.25, -0.2) is 0 Å². The third kappa shape index (κ3) is 5.18. The summed E-state index contributed by atoms with van der Waals surface area (Å²) < 4.78 is 13.1. The van der Waals surface area contributed by atoms with Crippen molar-refractivity contribution in [2.24, 2.45) is 0 Å². The highest BCUT2D eigenvalue weighted by Gasteiger charge is 2.00. The zero-order valence-corrected chi connectivity index (χ0v) is 12.4. The average Bonchev–Trinajstić information content (AvgIpc) is 2.30. The molecule has 0 bridgehead atoms. The maximum absolute atomic E-state index is 11.6. The van der Waals surface area contributed by atoms with E-state index in [1.54, 1.807) is 17.7 Å². The van der Waals surface area contributed by atoms with Crippen LogP contribution in [0.25, 0.3) is 0 Å². The van der Waals surface area contributed by atoms with Gasteiger partial charge in [0.2, 0.25) is 0 Å². The second kappa shape index (κ2) is 7.84. The molecule has 0 saturated heterocycles. The standard InChI is InChI=1S/C12H18INO3/c1-10-8-12(15)14(9-11(10)13)4-7-17-6-3-5-16-2/h8-9H,3-7H2,1-2H3. The van der Waals surface area contributed by atoms with Crippen LogP contribution in [-0.2, 0) is 16.0 Å². The van der Waals surface area contributed by atoms with Crippen molar-refractivity contribution in [1.82, 2.24) is 4.57 Å². The fourth-order valence-electron chi connectivity index (χ4n) is 1.38. The van der Waals surface area contributed by atoms with Gasteiger partial charge in [0, 0.05) is 42.7 Å². The van der Waals surface area contributed by atoms with Gasteiger partial charge < -0.3 is 14.0 Å². The highest BCUT2D eigenvalue weighted by Crippen LogP contribution is 2.07. The van der Waals surface area contributed by atoms with Crippen LogP contribution < -0.4 is 5.56 Å². The molecule has 1 rings (SSSR count). The molecular formula is C12H18INO3. The minimum absolute atomic E-state index is 0.0309. The van der Waals surface area contributed by atoms with E-state index in [1.807, 2.05) is 13.1 Å². The second-order valence-corrected chi connectivity index (χ2v) is 4.96. The lowest BCUT2D eigenvalue weighted by Gasteiger charge is -2.08. The summed E-state index contributed by atoms with van der Waals surface area (Å²) >= 11 is 2.23. The Balaban J connectivity index is 2.37. The number of pyridine rings is 1. The Kier molecular flexibility index (Phi) is 6.76. The molecule has 96 valence electrons. The summed E-state index contributed by atoms with van der Waals surface area (Å²) in [5.41, 5.74) is 1.05. The summed E-state index contributed by atoms with van der Waals surface area (Å²) in [5.74, 6) is 0. The Bertz CT molecular complexity index is 403. The van der Waals surface area contributed by atoms with E-state index >= 15 is 0 Å². The van der Waals surface area contributed by atoms with Gasteiger partial charge in [-0.2, -0.15) is 0 Å². The molecule has 0 spiro atoms. The zero-order valence-electron chi connectivity index (χ0n) is 10.2. The maximum atomic E-state index is 11.6. The van der Waals surface area contributed by atoms with Crippen molar-refractivity contribution in [2.75, 3.05) is 26.9 Å². The molecule has 0 unspecified atom stereocenters. The molecule has 17 heavy (non-hydrogen) atoms. The third-order valence-electron chi connectivity index (χ3n) is 2.38. The minimum atomic E-state index is 0.0309. The van der Waals surface area contributed by atoms with Crippen molar-refractivity contribution in [1.29, 1.82) is 0 Å². The van der Waals surface area contributed by atoms with Crippen LogP contribution in [0.4, 0.5) is 0 Å². The van der Waals surface area contributed by atoms with Crippen LogP contribution in [0.15, 0.2) is 17.1 Å². The fourth-order valence-corrected chi connectivity index (χ4v) is 1.88. The van der Waals surface area contributed by atoms with Crippen LogP contribution in [-0.4, -0.2) is 31.5 Å². The lowest BCUT2D eigenvalue weighted by molar-refractivity contribution is 0.0972. The van der Waals surface area contributed by atoms with E-state index in [-0.39, 0.29) is 5.56 Å². The van der Waals surface area contributed by atoms with Gasteiger partial charge in [0.15, 0.2) is 0 Å². The number of aryl methyl sites for hydroxylation is 1. The molecule has 1 aromatic heterocycles. The molecule has 0 aliphatic rings. The van der Waals surface area contributed by atoms with Crippen LogP contribution in [0.2, 0.25) is 0 Å². The number of halogens is 1. The molecule has 0 atom stereocenters. The summed E-state index contributed by atoms with van der Waals surface area (Å²) in [4.78, 5) is 11.6. The Hall–Kier alpha value is -0.400. The van der Waals surface area contributed by atoms with E-state index in [9.17, 15) is 4.79 Å². The lowest BCUT2D eigenvalue weighted by Crippen LogP contribution is -2.22. The van der Waals surface area contributed by atoms with E-state index in [1.165, 1.54) is 0 Å². The topological polar surface area (TPSA) is 40.5 Å². The van der Waals surface area contributed by atoms with Gasteiger partial charge in [-0.1, -0.05) is 0 Å². The molecule has 0 aliphatic carbocycles. The van der Waals surface area contributed by atoms with Crippen molar-refractivity contribution < 1.29 is 9.47 Å². The van der Waals surface area contributed by atoms with Crippen molar-refractivity contribution in [3.05, 3.63) is 31.8 Å². The molecule has 0 N–H and O–H groups in total. The third-order valence-corrected chi connectivity index (χ3v) is 3.51. The first-order valence-corrected chi connectivity index (χ1v) is 6.66. The van der Waals surface area contributed by atoms with Gasteiger partial charge in [0.05, 0.1) is 6.61 Å². The molecule has 0 fully saturated rings. The van der Waals surface area contributed by atoms with Crippen LogP contribution in [0.1, 0.15) is 12.0 Å². The normalized spacial score (nSPS) is 10.8. The summed E-state index contributed by atoms with van der Waals surface area (Å²) in [6, 6.07) is 1.66. The van der Waals surface area contributed by atoms with Crippen LogP contribution in [0.5, 0.6) is 0 Å². The molecule has 0 aliphatic heterocycles.